The number of ether oxygens (including phenoxy) is 2. The highest BCUT2D eigenvalue weighted by Crippen LogP contribution is 2.25. The summed E-state index contributed by atoms with van der Waals surface area (Å²) in [6.07, 6.45) is 0. The van der Waals surface area contributed by atoms with E-state index in [-0.39, 0.29) is 40.8 Å². The topological polar surface area (TPSA) is 336 Å². The monoisotopic (exact) mass is 706 g/mol. The first-order valence-electron chi connectivity index (χ1n) is 15.3. The van der Waals surface area contributed by atoms with Crippen LogP contribution in [-0.2, 0) is 27.3 Å². The lowest BCUT2D eigenvalue weighted by atomic mass is 10.2. The summed E-state index contributed by atoms with van der Waals surface area (Å²) < 4.78 is 14.5. The Labute approximate surface area is 293 Å². The molecule has 6 heterocycles. The average molecular weight is 707 g/mol. The zero-order chi connectivity index (χ0) is 36.9. The molecule has 0 spiro atoms. The second-order valence-corrected chi connectivity index (χ2v) is 11.0. The van der Waals surface area contributed by atoms with E-state index in [1.165, 1.54) is 4.57 Å². The molecule has 0 aliphatic carbocycles. The molecule has 0 fully saturated rings. The molecule has 0 bridgehead atoms. The summed E-state index contributed by atoms with van der Waals surface area (Å²) in [5.74, 6) is 1.79. The number of nitrogens with one attached hydrogen (secondary N) is 2. The Morgan fingerprint density at radius 2 is 1.08 bits per heavy atom. The third-order valence-electron chi connectivity index (χ3n) is 7.31. The van der Waals surface area contributed by atoms with Gasteiger partial charge in [-0.25, -0.2) is 9.97 Å². The number of aryl methyl sites for hydroxylation is 2. The van der Waals surface area contributed by atoms with Crippen LogP contribution in [0.1, 0.15) is 11.1 Å². The Kier molecular flexibility index (Phi) is 9.47. The third kappa shape index (κ3) is 7.46. The number of aromatic nitrogens is 12. The summed E-state index contributed by atoms with van der Waals surface area (Å²) in [5, 5.41) is 0. The normalized spacial score (nSPS) is 10.8. The minimum absolute atomic E-state index is 0.0560. The van der Waals surface area contributed by atoms with E-state index in [1.54, 1.807) is 18.7 Å². The largest absolute Gasteiger partial charge is 0.471 e. The number of hydrogen-bond acceptors (Lipinski definition) is 17. The van der Waals surface area contributed by atoms with Crippen molar-refractivity contribution in [1.29, 1.82) is 0 Å². The summed E-state index contributed by atoms with van der Waals surface area (Å²) in [7, 11) is 3.43. The van der Waals surface area contributed by atoms with Crippen molar-refractivity contribution in [2.75, 3.05) is 34.4 Å². The Balaban J connectivity index is 0.000000137. The maximum atomic E-state index is 11.3. The van der Waals surface area contributed by atoms with Gasteiger partial charge in [-0.1, -0.05) is 60.7 Å². The lowest BCUT2D eigenvalue weighted by Crippen LogP contribution is -2.11. The van der Waals surface area contributed by atoms with E-state index in [2.05, 4.69) is 49.8 Å². The van der Waals surface area contributed by atoms with Crippen molar-refractivity contribution in [2.45, 2.75) is 13.2 Å². The van der Waals surface area contributed by atoms with Crippen molar-refractivity contribution in [2.24, 2.45) is 14.1 Å². The van der Waals surface area contributed by atoms with Crippen LogP contribution in [0.5, 0.6) is 11.8 Å². The molecule has 0 atom stereocenters. The number of hydrogen-bond donors (Lipinski definition) is 8. The van der Waals surface area contributed by atoms with Gasteiger partial charge in [0, 0.05) is 14.1 Å². The van der Waals surface area contributed by atoms with Crippen molar-refractivity contribution in [3.05, 3.63) is 82.1 Å². The van der Waals surface area contributed by atoms with Crippen LogP contribution in [0.3, 0.4) is 0 Å². The Morgan fingerprint density at radius 1 is 0.577 bits per heavy atom. The minimum atomic E-state index is -0.380. The average Bonchev–Trinajstić information content (AvgIpc) is 3.75. The highest BCUT2D eigenvalue weighted by atomic mass is 16.5. The SMILES string of the molecule is Cn1c(N)nc2c(=O)[nH]c(N)nc21.Cn1c(N)nc2c(OCc3ccccc3)nc(N)nc21.Nc1nc(OCc2ccccc2)c2[nH]c(N)nc2n1. The number of rotatable bonds is 6. The van der Waals surface area contributed by atoms with Gasteiger partial charge >= 0.3 is 0 Å². The standard InChI is InChI=1S/C13H14N6O.C12H12N6O.C6H8N6O/c1-19-10-9(16-13(19)15)11(18-12(14)17-10)20-7-8-5-3-2-4-6-8;13-11-15-8-9(16-11)17-12(14)18-10(8)19-6-7-4-2-1-3-5-7;1-12-3-2(9-6(12)8)4(13)11-5(7)10-3/h2-6H,7H2,1H3,(H2,15,16)(H2,14,17,18);1-5H,6H2,(H5,13,14,15,16,17,18);1H3,(H2,8,9)(H3,7,10,11,13). The van der Waals surface area contributed by atoms with Crippen LogP contribution < -0.4 is 49.4 Å². The van der Waals surface area contributed by atoms with Gasteiger partial charge < -0.3 is 48.9 Å². The van der Waals surface area contributed by atoms with Crippen LogP contribution in [0.4, 0.5) is 35.7 Å². The van der Waals surface area contributed by atoms with Crippen molar-refractivity contribution in [1.82, 2.24) is 59.0 Å². The van der Waals surface area contributed by atoms with Crippen LogP contribution in [0, 0.1) is 0 Å². The van der Waals surface area contributed by atoms with E-state index in [0.717, 1.165) is 11.1 Å². The van der Waals surface area contributed by atoms with E-state index >= 15 is 0 Å². The van der Waals surface area contributed by atoms with E-state index < -0.39 is 0 Å². The van der Waals surface area contributed by atoms with E-state index in [9.17, 15) is 4.79 Å². The summed E-state index contributed by atoms with van der Waals surface area (Å²) in [6.45, 7) is 0.758. The highest BCUT2D eigenvalue weighted by Gasteiger charge is 2.15. The van der Waals surface area contributed by atoms with Crippen molar-refractivity contribution < 1.29 is 9.47 Å². The molecule has 266 valence electrons. The van der Waals surface area contributed by atoms with Gasteiger partial charge in [-0.3, -0.25) is 18.9 Å². The van der Waals surface area contributed by atoms with Crippen LogP contribution >= 0.6 is 0 Å². The Bertz CT molecular complexity index is 2540. The molecule has 8 aromatic rings. The number of benzene rings is 2. The first kappa shape index (κ1) is 34.2. The summed E-state index contributed by atoms with van der Waals surface area (Å²) in [4.78, 5) is 48.6. The molecular formula is C31H34N18O3. The number of aromatic amines is 2. The number of anilines is 6. The fraction of sp³-hybridized carbons (Fsp3) is 0.129. The molecule has 0 radical (unpaired) electrons. The second-order valence-electron chi connectivity index (χ2n) is 11.0. The molecule has 52 heavy (non-hydrogen) atoms. The number of nitrogens with two attached hydrogens (primary N) is 6. The molecule has 2 aromatic carbocycles. The first-order chi connectivity index (χ1) is 25.0. The molecule has 6 aromatic heterocycles. The first-order valence-corrected chi connectivity index (χ1v) is 15.3. The number of H-pyrrole nitrogens is 2. The van der Waals surface area contributed by atoms with Crippen LogP contribution in [-0.4, -0.2) is 59.0 Å². The van der Waals surface area contributed by atoms with Gasteiger partial charge in [0.15, 0.2) is 33.9 Å². The second kappa shape index (κ2) is 14.4. The molecule has 0 amide bonds. The summed E-state index contributed by atoms with van der Waals surface area (Å²) in [5.41, 5.74) is 37.8. The maximum absolute atomic E-state index is 11.3. The number of fused-ring (bicyclic) bond motifs is 3. The van der Waals surface area contributed by atoms with Gasteiger partial charge in [0.05, 0.1) is 0 Å². The fourth-order valence-electron chi connectivity index (χ4n) is 4.74. The molecule has 14 N–H and O–H groups in total. The predicted octanol–water partition coefficient (Wildman–Crippen LogP) is 1.02. The summed E-state index contributed by atoms with van der Waals surface area (Å²) >= 11 is 0. The number of imidazole rings is 3. The zero-order valence-electron chi connectivity index (χ0n) is 27.8. The molecular weight excluding hydrogens is 672 g/mol. The Morgan fingerprint density at radius 3 is 1.69 bits per heavy atom. The van der Waals surface area contributed by atoms with Gasteiger partial charge in [0.2, 0.25) is 41.5 Å². The van der Waals surface area contributed by atoms with Gasteiger partial charge in [-0.15, -0.1) is 0 Å². The van der Waals surface area contributed by atoms with Crippen LogP contribution in [0.15, 0.2) is 65.5 Å². The lowest BCUT2D eigenvalue weighted by molar-refractivity contribution is 0.297. The fourth-order valence-corrected chi connectivity index (χ4v) is 4.74. The summed E-state index contributed by atoms with van der Waals surface area (Å²) in [6, 6.07) is 19.5. The number of nitrogen functional groups attached to an aromatic ring is 6. The van der Waals surface area contributed by atoms with Crippen molar-refractivity contribution in [3.8, 4) is 11.8 Å². The van der Waals surface area contributed by atoms with Gasteiger partial charge in [0.25, 0.3) is 5.56 Å². The molecule has 0 aliphatic rings. The molecule has 0 unspecified atom stereocenters. The zero-order valence-corrected chi connectivity index (χ0v) is 27.8. The van der Waals surface area contributed by atoms with Crippen LogP contribution in [0.2, 0.25) is 0 Å². The minimum Gasteiger partial charge on any atom is -0.471 e. The van der Waals surface area contributed by atoms with Gasteiger partial charge in [0.1, 0.15) is 18.7 Å². The van der Waals surface area contributed by atoms with E-state index in [4.69, 9.17) is 43.9 Å². The maximum Gasteiger partial charge on any atom is 0.280 e. The molecule has 0 aliphatic heterocycles. The smallest absolute Gasteiger partial charge is 0.280 e. The molecule has 21 heteroatoms. The van der Waals surface area contributed by atoms with Crippen molar-refractivity contribution >= 4 is 69.2 Å². The predicted molar refractivity (Wildman–Crippen MR) is 195 cm³/mol. The molecule has 8 rings (SSSR count). The number of nitrogens with zero attached hydrogens (tertiary/aromatic N) is 10. The molecule has 0 saturated heterocycles. The van der Waals surface area contributed by atoms with E-state index in [0.29, 0.717) is 58.9 Å². The van der Waals surface area contributed by atoms with Crippen molar-refractivity contribution in [3.63, 3.8) is 0 Å². The van der Waals surface area contributed by atoms with Gasteiger partial charge in [-0.05, 0) is 11.1 Å². The highest BCUT2D eigenvalue weighted by molar-refractivity contribution is 5.80. The molecule has 0 saturated carbocycles. The van der Waals surface area contributed by atoms with E-state index in [1.807, 2.05) is 60.7 Å². The van der Waals surface area contributed by atoms with Crippen LogP contribution in [0.25, 0.3) is 33.5 Å². The molecule has 21 nitrogen and oxygen atoms in total. The third-order valence-corrected chi connectivity index (χ3v) is 7.31. The lowest BCUT2D eigenvalue weighted by Gasteiger charge is -2.06. The van der Waals surface area contributed by atoms with Gasteiger partial charge in [-0.2, -0.15) is 29.9 Å². The Hall–Kier alpha value is -7.71. The quantitative estimate of drug-likeness (QED) is 0.120.